The minimum atomic E-state index is -3.67. The van der Waals surface area contributed by atoms with Gasteiger partial charge in [-0.2, -0.15) is 0 Å². The Morgan fingerprint density at radius 3 is 2.32 bits per heavy atom. The standard InChI is InChI=1S/C13H22N2O3S/c1-8(2)13(7-16)15-19(17,18)11-5-9(3)10(4)12(14)6-11/h5-6,8,13,15-16H,7,14H2,1-4H3. The van der Waals surface area contributed by atoms with Crippen molar-refractivity contribution in [2.75, 3.05) is 12.3 Å². The van der Waals surface area contributed by atoms with Gasteiger partial charge in [0.25, 0.3) is 0 Å². The lowest BCUT2D eigenvalue weighted by molar-refractivity contribution is 0.227. The molecule has 0 radical (unpaired) electrons. The first-order valence-corrected chi connectivity index (χ1v) is 7.67. The van der Waals surface area contributed by atoms with Crippen molar-refractivity contribution < 1.29 is 13.5 Å². The van der Waals surface area contributed by atoms with Crippen LogP contribution in [0.4, 0.5) is 5.69 Å². The third-order valence-electron chi connectivity index (χ3n) is 3.30. The number of anilines is 1. The second-order valence-corrected chi connectivity index (χ2v) is 6.82. The second kappa shape index (κ2) is 5.90. The van der Waals surface area contributed by atoms with Crippen LogP contribution in [0.15, 0.2) is 17.0 Å². The predicted octanol–water partition coefficient (Wildman–Crippen LogP) is 1.18. The Hall–Kier alpha value is -1.11. The van der Waals surface area contributed by atoms with Crippen LogP contribution in [0, 0.1) is 19.8 Å². The first kappa shape index (κ1) is 15.9. The summed E-state index contributed by atoms with van der Waals surface area (Å²) < 4.78 is 27.0. The lowest BCUT2D eigenvalue weighted by atomic mass is 10.1. The third kappa shape index (κ3) is 3.68. The number of nitrogen functional groups attached to an aromatic ring is 1. The second-order valence-electron chi connectivity index (χ2n) is 5.11. The maximum absolute atomic E-state index is 12.2. The van der Waals surface area contributed by atoms with Crippen LogP contribution in [0.1, 0.15) is 25.0 Å². The molecule has 0 spiro atoms. The Morgan fingerprint density at radius 1 is 1.32 bits per heavy atom. The Kier molecular flexibility index (Phi) is 4.95. The monoisotopic (exact) mass is 286 g/mol. The number of benzene rings is 1. The molecule has 0 amide bonds. The summed E-state index contributed by atoms with van der Waals surface area (Å²) in [7, 11) is -3.67. The zero-order valence-corrected chi connectivity index (χ0v) is 12.6. The van der Waals surface area contributed by atoms with Gasteiger partial charge in [0.2, 0.25) is 10.0 Å². The van der Waals surface area contributed by atoms with Gasteiger partial charge in [0.1, 0.15) is 0 Å². The molecular formula is C13H22N2O3S. The summed E-state index contributed by atoms with van der Waals surface area (Å²) in [6.07, 6.45) is 0. The molecule has 1 aromatic rings. The van der Waals surface area contributed by atoms with Gasteiger partial charge in [0, 0.05) is 11.7 Å². The van der Waals surface area contributed by atoms with Crippen molar-refractivity contribution in [2.45, 2.75) is 38.6 Å². The van der Waals surface area contributed by atoms with Crippen molar-refractivity contribution in [2.24, 2.45) is 5.92 Å². The quantitative estimate of drug-likeness (QED) is 0.709. The first-order valence-electron chi connectivity index (χ1n) is 6.19. The maximum atomic E-state index is 12.2. The average molecular weight is 286 g/mol. The van der Waals surface area contributed by atoms with Crippen molar-refractivity contribution >= 4 is 15.7 Å². The number of aryl methyl sites for hydroxylation is 1. The molecule has 1 unspecified atom stereocenters. The lowest BCUT2D eigenvalue weighted by Crippen LogP contribution is -2.41. The van der Waals surface area contributed by atoms with Crippen LogP contribution in [0.3, 0.4) is 0 Å². The van der Waals surface area contributed by atoms with Gasteiger partial charge in [-0.05, 0) is 43.0 Å². The van der Waals surface area contributed by atoms with Gasteiger partial charge in [-0.25, -0.2) is 13.1 Å². The number of rotatable bonds is 5. The SMILES string of the molecule is Cc1cc(S(=O)(=O)NC(CO)C(C)C)cc(N)c1C. The van der Waals surface area contributed by atoms with E-state index in [4.69, 9.17) is 5.73 Å². The molecule has 4 N–H and O–H groups in total. The fraction of sp³-hybridized carbons (Fsp3) is 0.538. The highest BCUT2D eigenvalue weighted by molar-refractivity contribution is 7.89. The summed E-state index contributed by atoms with van der Waals surface area (Å²) >= 11 is 0. The van der Waals surface area contributed by atoms with Crippen molar-refractivity contribution in [1.82, 2.24) is 4.72 Å². The first-order chi connectivity index (χ1) is 8.69. The van der Waals surface area contributed by atoms with E-state index >= 15 is 0 Å². The molecule has 0 aromatic heterocycles. The van der Waals surface area contributed by atoms with E-state index < -0.39 is 16.1 Å². The van der Waals surface area contributed by atoms with Crippen LogP contribution in [-0.2, 0) is 10.0 Å². The van der Waals surface area contributed by atoms with Crippen LogP contribution in [0.5, 0.6) is 0 Å². The van der Waals surface area contributed by atoms with E-state index in [0.29, 0.717) is 5.69 Å². The summed E-state index contributed by atoms with van der Waals surface area (Å²) in [6, 6.07) is 2.52. The highest BCUT2D eigenvalue weighted by Gasteiger charge is 2.22. The van der Waals surface area contributed by atoms with Gasteiger partial charge in [-0.3, -0.25) is 0 Å². The molecule has 6 heteroatoms. The molecule has 0 saturated heterocycles. The Bertz CT molecular complexity index is 530. The van der Waals surface area contributed by atoms with E-state index in [-0.39, 0.29) is 17.4 Å². The van der Waals surface area contributed by atoms with E-state index in [9.17, 15) is 13.5 Å². The minimum Gasteiger partial charge on any atom is -0.398 e. The maximum Gasteiger partial charge on any atom is 0.240 e. The number of hydrogen-bond donors (Lipinski definition) is 3. The van der Waals surface area contributed by atoms with Gasteiger partial charge in [-0.1, -0.05) is 13.8 Å². The topological polar surface area (TPSA) is 92.4 Å². The minimum absolute atomic E-state index is 0.00340. The summed E-state index contributed by atoms with van der Waals surface area (Å²) in [6.45, 7) is 7.11. The number of aliphatic hydroxyl groups is 1. The molecule has 5 nitrogen and oxygen atoms in total. The van der Waals surface area contributed by atoms with Crippen molar-refractivity contribution in [3.63, 3.8) is 0 Å². The van der Waals surface area contributed by atoms with Crippen LogP contribution >= 0.6 is 0 Å². The third-order valence-corrected chi connectivity index (χ3v) is 4.77. The van der Waals surface area contributed by atoms with Crippen LogP contribution in [-0.4, -0.2) is 26.2 Å². The summed E-state index contributed by atoms with van der Waals surface area (Å²) in [4.78, 5) is 0.132. The molecule has 1 atom stereocenters. The van der Waals surface area contributed by atoms with Crippen LogP contribution in [0.25, 0.3) is 0 Å². The molecule has 0 aliphatic rings. The molecule has 1 rings (SSSR count). The van der Waals surface area contributed by atoms with E-state index in [0.717, 1.165) is 11.1 Å². The Labute approximate surface area is 114 Å². The number of hydrogen-bond acceptors (Lipinski definition) is 4. The normalized spacial score (nSPS) is 13.8. The molecule has 0 heterocycles. The number of nitrogens with two attached hydrogens (primary N) is 1. The predicted molar refractivity (Wildman–Crippen MR) is 76.4 cm³/mol. The van der Waals surface area contributed by atoms with Gasteiger partial charge < -0.3 is 10.8 Å². The molecular weight excluding hydrogens is 264 g/mol. The average Bonchev–Trinajstić information content (AvgIpc) is 2.32. The van der Waals surface area contributed by atoms with Crippen LogP contribution < -0.4 is 10.5 Å². The lowest BCUT2D eigenvalue weighted by Gasteiger charge is -2.20. The van der Waals surface area contributed by atoms with Gasteiger partial charge in [-0.15, -0.1) is 0 Å². The van der Waals surface area contributed by atoms with E-state index in [1.807, 2.05) is 27.7 Å². The van der Waals surface area contributed by atoms with Gasteiger partial charge in [0.15, 0.2) is 0 Å². The van der Waals surface area contributed by atoms with Crippen molar-refractivity contribution in [3.05, 3.63) is 23.3 Å². The molecule has 19 heavy (non-hydrogen) atoms. The molecule has 0 aliphatic heterocycles. The van der Waals surface area contributed by atoms with Gasteiger partial charge >= 0.3 is 0 Å². The smallest absolute Gasteiger partial charge is 0.240 e. The van der Waals surface area contributed by atoms with Gasteiger partial charge in [0.05, 0.1) is 11.5 Å². The van der Waals surface area contributed by atoms with Crippen molar-refractivity contribution in [3.8, 4) is 0 Å². The van der Waals surface area contributed by atoms with E-state index in [1.165, 1.54) is 6.07 Å². The molecule has 0 bridgehead atoms. The highest BCUT2D eigenvalue weighted by Crippen LogP contribution is 2.22. The molecule has 1 aromatic carbocycles. The summed E-state index contributed by atoms with van der Waals surface area (Å²) in [5.41, 5.74) is 7.95. The number of aliphatic hydroxyl groups excluding tert-OH is 1. The highest BCUT2D eigenvalue weighted by atomic mass is 32.2. The number of sulfonamides is 1. The molecule has 0 fully saturated rings. The summed E-state index contributed by atoms with van der Waals surface area (Å²) in [5.74, 6) is 0.00340. The Balaban J connectivity index is 3.14. The van der Waals surface area contributed by atoms with E-state index in [2.05, 4.69) is 4.72 Å². The zero-order chi connectivity index (χ0) is 14.8. The zero-order valence-electron chi connectivity index (χ0n) is 11.8. The fourth-order valence-electron chi connectivity index (χ4n) is 1.66. The largest absolute Gasteiger partial charge is 0.398 e. The summed E-state index contributed by atoms with van der Waals surface area (Å²) in [5, 5.41) is 9.21. The molecule has 0 saturated carbocycles. The molecule has 0 aliphatic carbocycles. The molecule has 108 valence electrons. The van der Waals surface area contributed by atoms with Crippen LogP contribution in [0.2, 0.25) is 0 Å². The van der Waals surface area contributed by atoms with E-state index in [1.54, 1.807) is 6.07 Å². The number of nitrogens with one attached hydrogen (secondary N) is 1. The fourth-order valence-corrected chi connectivity index (χ4v) is 3.15. The Morgan fingerprint density at radius 2 is 1.89 bits per heavy atom. The van der Waals surface area contributed by atoms with Crippen molar-refractivity contribution in [1.29, 1.82) is 0 Å².